The van der Waals surface area contributed by atoms with Gasteiger partial charge in [0.05, 0.1) is 12.1 Å². The number of carbonyl (C=O) groups is 1. The molecule has 3 N–H and O–H groups in total. The number of nitrogens with one attached hydrogen (secondary N) is 1. The van der Waals surface area contributed by atoms with Gasteiger partial charge in [0.25, 0.3) is 0 Å². The van der Waals surface area contributed by atoms with Gasteiger partial charge in [-0.2, -0.15) is 0 Å². The summed E-state index contributed by atoms with van der Waals surface area (Å²) in [7, 11) is 0. The SMILES string of the molecule is CC[C@H](N)C(=O)N[C@H](C)c1cc(C)sc1C. The van der Waals surface area contributed by atoms with Crippen LogP contribution in [0.4, 0.5) is 0 Å². The van der Waals surface area contributed by atoms with E-state index in [1.807, 2.05) is 13.8 Å². The summed E-state index contributed by atoms with van der Waals surface area (Å²) in [6.45, 7) is 8.06. The van der Waals surface area contributed by atoms with E-state index in [4.69, 9.17) is 5.73 Å². The van der Waals surface area contributed by atoms with Gasteiger partial charge < -0.3 is 11.1 Å². The zero-order valence-electron chi connectivity index (χ0n) is 10.3. The van der Waals surface area contributed by atoms with Crippen LogP contribution in [0.5, 0.6) is 0 Å². The minimum atomic E-state index is -0.400. The van der Waals surface area contributed by atoms with Crippen LogP contribution in [-0.2, 0) is 4.79 Å². The first-order valence-electron chi connectivity index (χ1n) is 5.58. The van der Waals surface area contributed by atoms with Gasteiger partial charge in [-0.1, -0.05) is 6.92 Å². The Bertz CT molecular complexity index is 373. The number of amides is 1. The van der Waals surface area contributed by atoms with Crippen LogP contribution in [-0.4, -0.2) is 11.9 Å². The van der Waals surface area contributed by atoms with Crippen LogP contribution in [0.2, 0.25) is 0 Å². The topological polar surface area (TPSA) is 55.1 Å². The Balaban J connectivity index is 2.69. The Morgan fingerprint density at radius 2 is 2.19 bits per heavy atom. The van der Waals surface area contributed by atoms with Crippen molar-refractivity contribution in [2.45, 2.75) is 46.2 Å². The highest BCUT2D eigenvalue weighted by atomic mass is 32.1. The first kappa shape index (κ1) is 13.2. The van der Waals surface area contributed by atoms with Gasteiger partial charge >= 0.3 is 0 Å². The molecular formula is C12H20N2OS. The lowest BCUT2D eigenvalue weighted by molar-refractivity contribution is -0.123. The van der Waals surface area contributed by atoms with Crippen molar-refractivity contribution in [2.24, 2.45) is 5.73 Å². The van der Waals surface area contributed by atoms with Crippen molar-refractivity contribution < 1.29 is 4.79 Å². The van der Waals surface area contributed by atoms with Crippen LogP contribution < -0.4 is 11.1 Å². The van der Waals surface area contributed by atoms with Crippen LogP contribution in [0, 0.1) is 13.8 Å². The minimum absolute atomic E-state index is 0.0371. The van der Waals surface area contributed by atoms with E-state index in [0.717, 1.165) is 0 Å². The highest BCUT2D eigenvalue weighted by Crippen LogP contribution is 2.26. The molecule has 1 aromatic rings. The van der Waals surface area contributed by atoms with Gasteiger partial charge in [-0.3, -0.25) is 4.79 Å². The smallest absolute Gasteiger partial charge is 0.237 e. The molecule has 0 spiro atoms. The monoisotopic (exact) mass is 240 g/mol. The van der Waals surface area contributed by atoms with Crippen LogP contribution in [0.15, 0.2) is 6.07 Å². The van der Waals surface area contributed by atoms with E-state index in [-0.39, 0.29) is 11.9 Å². The second-order valence-electron chi connectivity index (χ2n) is 4.11. The average Bonchev–Trinajstić information content (AvgIpc) is 2.56. The summed E-state index contributed by atoms with van der Waals surface area (Å²) in [5.41, 5.74) is 6.87. The molecule has 0 saturated heterocycles. The predicted molar refractivity (Wildman–Crippen MR) is 68.6 cm³/mol. The summed E-state index contributed by atoms with van der Waals surface area (Å²) in [4.78, 5) is 14.2. The molecule has 3 nitrogen and oxygen atoms in total. The van der Waals surface area contributed by atoms with Crippen LogP contribution in [0.1, 0.15) is 41.6 Å². The van der Waals surface area contributed by atoms with Gasteiger partial charge in [0, 0.05) is 9.75 Å². The van der Waals surface area contributed by atoms with E-state index in [1.165, 1.54) is 15.3 Å². The van der Waals surface area contributed by atoms with Crippen molar-refractivity contribution in [3.63, 3.8) is 0 Å². The lowest BCUT2D eigenvalue weighted by Gasteiger charge is -2.16. The van der Waals surface area contributed by atoms with E-state index in [1.54, 1.807) is 11.3 Å². The van der Waals surface area contributed by atoms with Crippen molar-refractivity contribution >= 4 is 17.2 Å². The summed E-state index contributed by atoms with van der Waals surface area (Å²) in [5.74, 6) is -0.0711. The first-order chi connectivity index (χ1) is 7.45. The van der Waals surface area contributed by atoms with Gasteiger partial charge in [-0.05, 0) is 38.8 Å². The molecule has 1 aromatic heterocycles. The fourth-order valence-corrected chi connectivity index (χ4v) is 2.69. The molecule has 90 valence electrons. The van der Waals surface area contributed by atoms with Crippen molar-refractivity contribution in [1.82, 2.24) is 5.32 Å². The largest absolute Gasteiger partial charge is 0.348 e. The number of nitrogens with two attached hydrogens (primary N) is 1. The average molecular weight is 240 g/mol. The molecule has 0 unspecified atom stereocenters. The second-order valence-corrected chi connectivity index (χ2v) is 5.57. The number of thiophene rings is 1. The summed E-state index contributed by atoms with van der Waals surface area (Å²) in [5, 5.41) is 2.94. The molecule has 4 heteroatoms. The maximum Gasteiger partial charge on any atom is 0.237 e. The van der Waals surface area contributed by atoms with Crippen LogP contribution in [0.25, 0.3) is 0 Å². The van der Waals surface area contributed by atoms with Crippen molar-refractivity contribution in [1.29, 1.82) is 0 Å². The number of hydrogen-bond donors (Lipinski definition) is 2. The van der Waals surface area contributed by atoms with Gasteiger partial charge in [-0.15, -0.1) is 11.3 Å². The van der Waals surface area contributed by atoms with Gasteiger partial charge in [0.1, 0.15) is 0 Å². The molecule has 0 bridgehead atoms. The molecule has 0 aromatic carbocycles. The van der Waals surface area contributed by atoms with Crippen molar-refractivity contribution in [3.05, 3.63) is 21.4 Å². The summed E-state index contributed by atoms with van der Waals surface area (Å²) < 4.78 is 0. The van der Waals surface area contributed by atoms with E-state index >= 15 is 0 Å². The zero-order chi connectivity index (χ0) is 12.3. The van der Waals surface area contributed by atoms with Crippen LogP contribution in [0.3, 0.4) is 0 Å². The Morgan fingerprint density at radius 3 is 2.62 bits per heavy atom. The summed E-state index contributed by atoms with van der Waals surface area (Å²) in [6.07, 6.45) is 0.667. The van der Waals surface area contributed by atoms with Crippen molar-refractivity contribution in [3.8, 4) is 0 Å². The fourth-order valence-electron chi connectivity index (χ4n) is 1.66. The second kappa shape index (κ2) is 5.46. The summed E-state index contributed by atoms with van der Waals surface area (Å²) in [6, 6.07) is 1.76. The molecule has 0 radical (unpaired) electrons. The number of rotatable bonds is 4. The molecule has 0 aliphatic rings. The number of carbonyl (C=O) groups excluding carboxylic acids is 1. The van der Waals surface area contributed by atoms with Crippen molar-refractivity contribution in [2.75, 3.05) is 0 Å². The molecule has 1 rings (SSSR count). The molecule has 16 heavy (non-hydrogen) atoms. The standard InChI is InChI=1S/C12H20N2OS/c1-5-11(13)12(15)14-8(3)10-6-7(2)16-9(10)4/h6,8,11H,5,13H2,1-4H3,(H,14,15)/t8-,11+/m1/s1. The molecule has 0 aliphatic heterocycles. The molecule has 1 amide bonds. The zero-order valence-corrected chi connectivity index (χ0v) is 11.1. The third-order valence-corrected chi connectivity index (χ3v) is 3.66. The summed E-state index contributed by atoms with van der Waals surface area (Å²) >= 11 is 1.76. The van der Waals surface area contributed by atoms with E-state index in [2.05, 4.69) is 25.2 Å². The third-order valence-electron chi connectivity index (χ3n) is 2.68. The lowest BCUT2D eigenvalue weighted by Crippen LogP contribution is -2.41. The van der Waals surface area contributed by atoms with E-state index in [0.29, 0.717) is 6.42 Å². The Morgan fingerprint density at radius 1 is 1.56 bits per heavy atom. The van der Waals surface area contributed by atoms with Crippen LogP contribution >= 0.6 is 11.3 Å². The van der Waals surface area contributed by atoms with Gasteiger partial charge in [-0.25, -0.2) is 0 Å². The van der Waals surface area contributed by atoms with Gasteiger partial charge in [0.2, 0.25) is 5.91 Å². The molecule has 0 aliphatic carbocycles. The Labute approximate surface area is 101 Å². The van der Waals surface area contributed by atoms with E-state index < -0.39 is 6.04 Å². The first-order valence-corrected chi connectivity index (χ1v) is 6.40. The highest BCUT2D eigenvalue weighted by molar-refractivity contribution is 7.12. The highest BCUT2D eigenvalue weighted by Gasteiger charge is 2.17. The maximum atomic E-state index is 11.6. The molecule has 1 heterocycles. The van der Waals surface area contributed by atoms with E-state index in [9.17, 15) is 4.79 Å². The Kier molecular flexibility index (Phi) is 4.50. The maximum absolute atomic E-state index is 11.6. The minimum Gasteiger partial charge on any atom is -0.348 e. The Hall–Kier alpha value is -0.870. The normalized spacial score (nSPS) is 14.6. The molecule has 0 saturated carbocycles. The third kappa shape index (κ3) is 3.06. The number of aryl methyl sites for hydroxylation is 2. The molecular weight excluding hydrogens is 220 g/mol. The van der Waals surface area contributed by atoms with Gasteiger partial charge in [0.15, 0.2) is 0 Å². The quantitative estimate of drug-likeness (QED) is 0.848. The number of hydrogen-bond acceptors (Lipinski definition) is 3. The predicted octanol–water partition coefficient (Wildman–Crippen LogP) is 2.28. The fraction of sp³-hybridized carbons (Fsp3) is 0.583. The molecule has 0 fully saturated rings. The lowest BCUT2D eigenvalue weighted by atomic mass is 10.1. The molecule has 2 atom stereocenters.